The Labute approximate surface area is 177 Å². The van der Waals surface area contributed by atoms with Crippen molar-refractivity contribution in [1.82, 2.24) is 9.88 Å². The maximum Gasteiger partial charge on any atom is 0.250 e. The van der Waals surface area contributed by atoms with Gasteiger partial charge >= 0.3 is 0 Å². The molecule has 1 unspecified atom stereocenters. The molecule has 30 heavy (non-hydrogen) atoms. The number of carbonyl (C=O) groups is 1. The van der Waals surface area contributed by atoms with E-state index in [-0.39, 0.29) is 0 Å². The maximum atomic E-state index is 11.2. The van der Waals surface area contributed by atoms with Gasteiger partial charge in [-0.3, -0.25) is 9.69 Å². The summed E-state index contributed by atoms with van der Waals surface area (Å²) in [6.45, 7) is 1.03. The minimum Gasteiger partial charge on any atom is -0.439 e. The van der Waals surface area contributed by atoms with E-state index in [2.05, 4.69) is 59.4 Å². The van der Waals surface area contributed by atoms with Gasteiger partial charge in [0.25, 0.3) is 0 Å². The van der Waals surface area contributed by atoms with Gasteiger partial charge in [0.05, 0.1) is 5.56 Å². The van der Waals surface area contributed by atoms with Crippen molar-refractivity contribution >= 4 is 5.91 Å². The molecule has 3 aromatic rings. The maximum absolute atomic E-state index is 11.2. The second-order valence-electron chi connectivity index (χ2n) is 7.84. The molecule has 1 atom stereocenters. The molecule has 0 aliphatic heterocycles. The van der Waals surface area contributed by atoms with Crippen molar-refractivity contribution in [1.29, 1.82) is 0 Å². The van der Waals surface area contributed by atoms with Crippen LogP contribution in [0.1, 0.15) is 45.9 Å². The highest BCUT2D eigenvalue weighted by Gasteiger charge is 2.24. The van der Waals surface area contributed by atoms with Crippen LogP contribution in [0.3, 0.4) is 0 Å². The molecule has 0 bridgehead atoms. The summed E-state index contributed by atoms with van der Waals surface area (Å²) in [7, 11) is 2.22. The van der Waals surface area contributed by atoms with Gasteiger partial charge in [-0.2, -0.15) is 0 Å². The van der Waals surface area contributed by atoms with E-state index in [0.717, 1.165) is 25.1 Å². The lowest BCUT2D eigenvalue weighted by atomic mass is 9.86. The summed E-state index contributed by atoms with van der Waals surface area (Å²) in [6, 6.07) is 20.7. The molecule has 1 aliphatic carbocycles. The van der Waals surface area contributed by atoms with Crippen molar-refractivity contribution in [2.75, 3.05) is 13.6 Å². The number of hydrogen-bond donors (Lipinski definition) is 1. The van der Waals surface area contributed by atoms with Crippen LogP contribution < -0.4 is 10.5 Å². The molecule has 5 heteroatoms. The van der Waals surface area contributed by atoms with E-state index in [1.165, 1.54) is 35.7 Å². The SMILES string of the molecule is CN(CCc1ccccc1)C1CCCc2cc(Oc3ccc(C(N)=O)cn3)ccc21. The van der Waals surface area contributed by atoms with Crippen LogP contribution in [0.5, 0.6) is 11.6 Å². The standard InChI is InChI=1S/C25H27N3O2/c1-28(15-14-18-6-3-2-4-7-18)23-9-5-8-19-16-21(11-12-22(19)23)30-24-13-10-20(17-27-24)25(26)29/h2-4,6-7,10-13,16-17,23H,5,8-9,14-15H2,1H3,(H2,26,29). The molecule has 1 heterocycles. The fraction of sp³-hybridized carbons (Fsp3) is 0.280. The minimum atomic E-state index is -0.495. The average molecular weight is 402 g/mol. The summed E-state index contributed by atoms with van der Waals surface area (Å²) >= 11 is 0. The van der Waals surface area contributed by atoms with E-state index in [1.54, 1.807) is 12.1 Å². The quantitative estimate of drug-likeness (QED) is 0.632. The van der Waals surface area contributed by atoms with Gasteiger partial charge in [0.1, 0.15) is 5.75 Å². The zero-order valence-electron chi connectivity index (χ0n) is 17.3. The Hall–Kier alpha value is -3.18. The number of aromatic nitrogens is 1. The van der Waals surface area contributed by atoms with Crippen LogP contribution >= 0.6 is 0 Å². The van der Waals surface area contributed by atoms with Crippen LogP contribution in [-0.4, -0.2) is 29.4 Å². The van der Waals surface area contributed by atoms with Crippen LogP contribution in [-0.2, 0) is 12.8 Å². The van der Waals surface area contributed by atoms with E-state index in [4.69, 9.17) is 10.5 Å². The number of benzene rings is 2. The summed E-state index contributed by atoms with van der Waals surface area (Å²) in [5.74, 6) is 0.721. The number of pyridine rings is 1. The average Bonchev–Trinajstić information content (AvgIpc) is 2.78. The number of carbonyl (C=O) groups excluding carboxylic acids is 1. The first kappa shape index (κ1) is 20.1. The molecule has 5 nitrogen and oxygen atoms in total. The number of ether oxygens (including phenoxy) is 1. The first-order chi connectivity index (χ1) is 14.6. The summed E-state index contributed by atoms with van der Waals surface area (Å²) < 4.78 is 5.90. The smallest absolute Gasteiger partial charge is 0.250 e. The van der Waals surface area contributed by atoms with E-state index in [0.29, 0.717) is 17.5 Å². The van der Waals surface area contributed by atoms with Gasteiger partial charge in [-0.05, 0) is 67.6 Å². The summed E-state index contributed by atoms with van der Waals surface area (Å²) in [5.41, 5.74) is 9.73. The minimum absolute atomic E-state index is 0.370. The van der Waals surface area contributed by atoms with Gasteiger partial charge in [-0.25, -0.2) is 4.98 Å². The van der Waals surface area contributed by atoms with E-state index in [1.807, 2.05) is 6.07 Å². The molecule has 0 radical (unpaired) electrons. The van der Waals surface area contributed by atoms with Crippen molar-refractivity contribution in [2.24, 2.45) is 5.73 Å². The van der Waals surface area contributed by atoms with Crippen LogP contribution in [0.25, 0.3) is 0 Å². The Kier molecular flexibility index (Phi) is 6.10. The Balaban J connectivity index is 1.44. The lowest BCUT2D eigenvalue weighted by Gasteiger charge is -2.33. The second kappa shape index (κ2) is 9.09. The topological polar surface area (TPSA) is 68.5 Å². The molecule has 2 N–H and O–H groups in total. The van der Waals surface area contributed by atoms with Crippen molar-refractivity contribution in [3.63, 3.8) is 0 Å². The number of hydrogen-bond acceptors (Lipinski definition) is 4. The van der Waals surface area contributed by atoms with Crippen LogP contribution in [0.2, 0.25) is 0 Å². The molecule has 0 spiro atoms. The van der Waals surface area contributed by atoms with Gasteiger partial charge in [0.2, 0.25) is 11.8 Å². The van der Waals surface area contributed by atoms with Gasteiger partial charge in [-0.1, -0.05) is 36.4 Å². The monoisotopic (exact) mass is 401 g/mol. The molecule has 4 rings (SSSR count). The number of nitrogens with zero attached hydrogens (tertiary/aromatic N) is 2. The van der Waals surface area contributed by atoms with Crippen LogP contribution in [0, 0.1) is 0 Å². The molecule has 1 aliphatic rings. The number of nitrogens with two attached hydrogens (primary N) is 1. The molecule has 2 aromatic carbocycles. The normalized spacial score (nSPS) is 15.6. The van der Waals surface area contributed by atoms with E-state index in [9.17, 15) is 4.79 Å². The number of aryl methyl sites for hydroxylation is 1. The number of amides is 1. The van der Waals surface area contributed by atoms with Gasteiger partial charge < -0.3 is 10.5 Å². The van der Waals surface area contributed by atoms with Gasteiger partial charge in [-0.15, -0.1) is 0 Å². The van der Waals surface area contributed by atoms with Crippen molar-refractivity contribution in [2.45, 2.75) is 31.7 Å². The first-order valence-electron chi connectivity index (χ1n) is 10.4. The fourth-order valence-electron chi connectivity index (χ4n) is 4.10. The highest BCUT2D eigenvalue weighted by atomic mass is 16.5. The fourth-order valence-corrected chi connectivity index (χ4v) is 4.10. The number of rotatable bonds is 7. The molecule has 0 saturated heterocycles. The highest BCUT2D eigenvalue weighted by molar-refractivity contribution is 5.92. The van der Waals surface area contributed by atoms with Crippen molar-refractivity contribution < 1.29 is 9.53 Å². The van der Waals surface area contributed by atoms with E-state index >= 15 is 0 Å². The molecule has 0 fully saturated rings. The van der Waals surface area contributed by atoms with Crippen molar-refractivity contribution in [3.8, 4) is 11.6 Å². The third-order valence-corrected chi connectivity index (χ3v) is 5.77. The lowest BCUT2D eigenvalue weighted by molar-refractivity contribution is 0.1000. The summed E-state index contributed by atoms with van der Waals surface area (Å²) in [4.78, 5) is 17.8. The van der Waals surface area contributed by atoms with E-state index < -0.39 is 5.91 Å². The summed E-state index contributed by atoms with van der Waals surface area (Å²) in [6.07, 6.45) is 5.89. The van der Waals surface area contributed by atoms with Gasteiger partial charge in [0, 0.05) is 24.8 Å². The summed E-state index contributed by atoms with van der Waals surface area (Å²) in [5, 5.41) is 0. The van der Waals surface area contributed by atoms with Crippen molar-refractivity contribution in [3.05, 3.63) is 89.1 Å². The molecular formula is C25H27N3O2. The Bertz CT molecular complexity index is 1000. The lowest BCUT2D eigenvalue weighted by Crippen LogP contribution is -2.29. The van der Waals surface area contributed by atoms with Gasteiger partial charge in [0.15, 0.2) is 0 Å². The molecule has 0 saturated carbocycles. The predicted octanol–water partition coefficient (Wildman–Crippen LogP) is 4.52. The highest BCUT2D eigenvalue weighted by Crippen LogP contribution is 2.36. The Morgan fingerprint density at radius 3 is 2.73 bits per heavy atom. The molecular weight excluding hydrogens is 374 g/mol. The third-order valence-electron chi connectivity index (χ3n) is 5.77. The first-order valence-corrected chi connectivity index (χ1v) is 10.4. The zero-order valence-corrected chi connectivity index (χ0v) is 17.3. The predicted molar refractivity (Wildman–Crippen MR) is 118 cm³/mol. The number of likely N-dealkylation sites (N-methyl/N-ethyl adjacent to an activating group) is 1. The second-order valence-corrected chi connectivity index (χ2v) is 7.84. The van der Waals surface area contributed by atoms with Crippen LogP contribution in [0.4, 0.5) is 0 Å². The molecule has 1 aromatic heterocycles. The molecule has 154 valence electrons. The van der Waals surface area contributed by atoms with Crippen LogP contribution in [0.15, 0.2) is 66.9 Å². The molecule has 1 amide bonds. The Morgan fingerprint density at radius 2 is 2.00 bits per heavy atom. The third kappa shape index (κ3) is 4.69. The number of primary amides is 1. The number of fused-ring (bicyclic) bond motifs is 1. The largest absolute Gasteiger partial charge is 0.439 e. The Morgan fingerprint density at radius 1 is 1.17 bits per heavy atom. The zero-order chi connectivity index (χ0) is 20.9.